The largest absolute Gasteiger partial charge is 0.493 e. The summed E-state index contributed by atoms with van der Waals surface area (Å²) in [5.74, 6) is 1.08. The number of aryl methyl sites for hydroxylation is 1. The normalized spacial score (nSPS) is 15.7. The van der Waals surface area contributed by atoms with Gasteiger partial charge in [-0.05, 0) is 48.9 Å². The van der Waals surface area contributed by atoms with Crippen molar-refractivity contribution in [3.8, 4) is 22.9 Å². The Morgan fingerprint density at radius 2 is 2.18 bits per heavy atom. The fourth-order valence-electron chi connectivity index (χ4n) is 4.06. The van der Waals surface area contributed by atoms with Crippen LogP contribution in [-0.2, 0) is 19.4 Å². The molecule has 0 saturated carbocycles. The predicted octanol–water partition coefficient (Wildman–Crippen LogP) is 4.29. The van der Waals surface area contributed by atoms with E-state index in [0.29, 0.717) is 16.9 Å². The van der Waals surface area contributed by atoms with Crippen molar-refractivity contribution in [2.75, 3.05) is 7.11 Å². The summed E-state index contributed by atoms with van der Waals surface area (Å²) in [5.41, 5.74) is 1.48. The summed E-state index contributed by atoms with van der Waals surface area (Å²) in [6.45, 7) is -0.677. The van der Waals surface area contributed by atoms with E-state index in [-0.39, 0.29) is 35.3 Å². The van der Waals surface area contributed by atoms with Crippen molar-refractivity contribution < 1.29 is 22.8 Å². The Bertz CT molecular complexity index is 1380. The Balaban J connectivity index is 1.42. The van der Waals surface area contributed by atoms with Crippen molar-refractivity contribution >= 4 is 21.6 Å². The summed E-state index contributed by atoms with van der Waals surface area (Å²) >= 11 is 1.60. The second kappa shape index (κ2) is 8.54. The van der Waals surface area contributed by atoms with Crippen molar-refractivity contribution in [2.24, 2.45) is 5.92 Å². The number of thiophene rings is 1. The van der Waals surface area contributed by atoms with E-state index in [9.17, 15) is 13.6 Å². The van der Waals surface area contributed by atoms with E-state index in [2.05, 4.69) is 26.8 Å². The minimum Gasteiger partial charge on any atom is -0.493 e. The molecule has 172 valence electrons. The summed E-state index contributed by atoms with van der Waals surface area (Å²) in [4.78, 5) is 24.0. The molecule has 0 amide bonds. The van der Waals surface area contributed by atoms with Crippen LogP contribution in [-0.4, -0.2) is 33.4 Å². The van der Waals surface area contributed by atoms with E-state index in [0.717, 1.165) is 29.7 Å². The molecule has 1 aliphatic rings. The Hall–Kier alpha value is -3.34. The lowest BCUT2D eigenvalue weighted by molar-refractivity contribution is -0.0512. The van der Waals surface area contributed by atoms with Crippen LogP contribution in [0.4, 0.5) is 8.78 Å². The summed E-state index contributed by atoms with van der Waals surface area (Å²) < 4.78 is 41.4. The third-order valence-corrected chi connectivity index (χ3v) is 6.86. The highest BCUT2D eigenvalue weighted by Crippen LogP contribution is 2.36. The summed E-state index contributed by atoms with van der Waals surface area (Å²) in [6, 6.07) is 4.34. The number of benzene rings is 1. The van der Waals surface area contributed by atoms with Crippen molar-refractivity contribution in [1.29, 1.82) is 0 Å². The van der Waals surface area contributed by atoms with Gasteiger partial charge in [0, 0.05) is 10.4 Å². The van der Waals surface area contributed by atoms with Crippen LogP contribution in [0.5, 0.6) is 11.5 Å². The second-order valence-corrected chi connectivity index (χ2v) is 9.05. The maximum absolute atomic E-state index is 13.2. The number of aromatic nitrogens is 4. The van der Waals surface area contributed by atoms with E-state index < -0.39 is 6.61 Å². The Labute approximate surface area is 190 Å². The van der Waals surface area contributed by atoms with Gasteiger partial charge in [-0.1, -0.05) is 12.1 Å². The van der Waals surface area contributed by atoms with E-state index in [1.165, 1.54) is 41.1 Å². The zero-order valence-electron chi connectivity index (χ0n) is 17.9. The molecule has 1 aliphatic carbocycles. The van der Waals surface area contributed by atoms with Gasteiger partial charge >= 0.3 is 6.61 Å². The van der Waals surface area contributed by atoms with E-state index >= 15 is 0 Å². The maximum atomic E-state index is 13.2. The first-order valence-corrected chi connectivity index (χ1v) is 11.2. The maximum Gasteiger partial charge on any atom is 0.387 e. The molecule has 0 fully saturated rings. The fourth-order valence-corrected chi connectivity index (χ4v) is 5.40. The molecule has 0 aliphatic heterocycles. The standard InChI is InChI=1S/C22H20F2N4O4S/c1-11-3-5-13-16(7-11)33-20-18(13)21(29)28(10-25-20)9-17-26-19(27-32-17)12-4-6-14(31-22(23)24)15(8-12)30-2/h4,6,8,10-11,22H,3,5,7,9H2,1-2H3. The number of rotatable bonds is 6. The Morgan fingerprint density at radius 3 is 2.97 bits per heavy atom. The van der Waals surface area contributed by atoms with Gasteiger partial charge in [0.15, 0.2) is 11.5 Å². The SMILES string of the molecule is COc1cc(-c2noc(Cn3cnc4sc5c(c4c3=O)CCC(C)C5)n2)ccc1OC(F)F. The lowest BCUT2D eigenvalue weighted by atomic mass is 9.89. The van der Waals surface area contributed by atoms with Crippen LogP contribution in [0.2, 0.25) is 0 Å². The number of hydrogen-bond donors (Lipinski definition) is 0. The molecule has 3 aromatic heterocycles. The third kappa shape index (κ3) is 4.08. The monoisotopic (exact) mass is 474 g/mol. The van der Waals surface area contributed by atoms with Gasteiger partial charge in [-0.3, -0.25) is 9.36 Å². The van der Waals surface area contributed by atoms with Crippen LogP contribution < -0.4 is 15.0 Å². The molecule has 0 bridgehead atoms. The molecule has 0 saturated heterocycles. The zero-order chi connectivity index (χ0) is 23.1. The molecule has 11 heteroatoms. The number of methoxy groups -OCH3 is 1. The van der Waals surface area contributed by atoms with E-state index in [1.807, 2.05) is 0 Å². The molecule has 1 aromatic carbocycles. The third-order valence-electron chi connectivity index (χ3n) is 5.69. The molecular weight excluding hydrogens is 454 g/mol. The quantitative estimate of drug-likeness (QED) is 0.412. The second-order valence-electron chi connectivity index (χ2n) is 7.97. The average Bonchev–Trinajstić information content (AvgIpc) is 3.40. The first-order chi connectivity index (χ1) is 15.9. The van der Waals surface area contributed by atoms with Crippen LogP contribution in [0.3, 0.4) is 0 Å². The highest BCUT2D eigenvalue weighted by Gasteiger charge is 2.23. The summed E-state index contributed by atoms with van der Waals surface area (Å²) in [5, 5.41) is 4.63. The fraction of sp³-hybridized carbons (Fsp3) is 0.364. The van der Waals surface area contributed by atoms with Crippen LogP contribution in [0, 0.1) is 5.92 Å². The topological polar surface area (TPSA) is 92.3 Å². The highest BCUT2D eigenvalue weighted by atomic mass is 32.1. The smallest absolute Gasteiger partial charge is 0.387 e. The highest BCUT2D eigenvalue weighted by molar-refractivity contribution is 7.18. The van der Waals surface area contributed by atoms with Crippen molar-refractivity contribution in [2.45, 2.75) is 39.3 Å². The minimum atomic E-state index is -2.97. The molecule has 1 atom stereocenters. The van der Waals surface area contributed by atoms with E-state index in [4.69, 9.17) is 9.26 Å². The lowest BCUT2D eigenvalue weighted by Crippen LogP contribution is -2.22. The van der Waals surface area contributed by atoms with E-state index in [1.54, 1.807) is 11.3 Å². The van der Waals surface area contributed by atoms with Crippen molar-refractivity contribution in [3.05, 3.63) is 51.2 Å². The minimum absolute atomic E-state index is 0.0690. The molecule has 1 unspecified atom stereocenters. The van der Waals surface area contributed by atoms with Crippen LogP contribution in [0.25, 0.3) is 21.6 Å². The molecule has 8 nitrogen and oxygen atoms in total. The van der Waals surface area contributed by atoms with Gasteiger partial charge in [-0.2, -0.15) is 13.8 Å². The van der Waals surface area contributed by atoms with Gasteiger partial charge in [0.1, 0.15) is 11.4 Å². The number of fused-ring (bicyclic) bond motifs is 3. The molecule has 33 heavy (non-hydrogen) atoms. The summed E-state index contributed by atoms with van der Waals surface area (Å²) in [6.07, 6.45) is 4.42. The zero-order valence-corrected chi connectivity index (χ0v) is 18.7. The van der Waals surface area contributed by atoms with Gasteiger partial charge in [-0.25, -0.2) is 4.98 Å². The molecule has 4 aromatic rings. The first kappa shape index (κ1) is 21.5. The number of ether oxygens (including phenoxy) is 2. The Morgan fingerprint density at radius 1 is 1.33 bits per heavy atom. The van der Waals surface area contributed by atoms with Gasteiger partial charge in [-0.15, -0.1) is 11.3 Å². The van der Waals surface area contributed by atoms with Crippen LogP contribution in [0.15, 0.2) is 33.8 Å². The molecule has 0 spiro atoms. The summed E-state index contributed by atoms with van der Waals surface area (Å²) in [7, 11) is 1.35. The number of hydrogen-bond acceptors (Lipinski definition) is 8. The lowest BCUT2D eigenvalue weighted by Gasteiger charge is -2.17. The van der Waals surface area contributed by atoms with Crippen LogP contribution in [0.1, 0.15) is 29.7 Å². The number of nitrogens with zero attached hydrogens (tertiary/aromatic N) is 4. The van der Waals surface area contributed by atoms with Gasteiger partial charge < -0.3 is 14.0 Å². The van der Waals surface area contributed by atoms with Gasteiger partial charge in [0.25, 0.3) is 5.56 Å². The Kier molecular flexibility index (Phi) is 5.57. The molecule has 0 radical (unpaired) electrons. The van der Waals surface area contributed by atoms with Crippen molar-refractivity contribution in [3.63, 3.8) is 0 Å². The predicted molar refractivity (Wildman–Crippen MR) is 117 cm³/mol. The van der Waals surface area contributed by atoms with Crippen LogP contribution >= 0.6 is 11.3 Å². The number of halogens is 2. The molecule has 5 rings (SSSR count). The van der Waals surface area contributed by atoms with Gasteiger partial charge in [0.05, 0.1) is 18.8 Å². The van der Waals surface area contributed by atoms with Crippen molar-refractivity contribution in [1.82, 2.24) is 19.7 Å². The molecule has 0 N–H and O–H groups in total. The molecular formula is C22H20F2N4O4S. The molecule has 3 heterocycles. The average molecular weight is 474 g/mol. The van der Waals surface area contributed by atoms with Gasteiger partial charge in [0.2, 0.25) is 11.7 Å². The number of alkyl halides is 2. The first-order valence-electron chi connectivity index (χ1n) is 10.4.